The molecule has 1 heteroatoms. The Kier molecular flexibility index (Phi) is 10.1. The molecule has 1 aromatic rings. The van der Waals surface area contributed by atoms with Crippen LogP contribution in [0.1, 0.15) is 96.3 Å². The summed E-state index contributed by atoms with van der Waals surface area (Å²) in [7, 11) is 0. The molecule has 1 heterocycles. The van der Waals surface area contributed by atoms with Crippen LogP contribution in [0.5, 0.6) is 0 Å². The maximum atomic E-state index is 2.35. The standard InChI is InChI=1S/C20H36S/c1-20(2,3)17-13-11-9-7-5-4-6-8-10-12-15-19-16-14-18-21-19/h14,16,18H,4-13,15,17H2,1-3H3. The molecular formula is C20H36S. The summed E-state index contributed by atoms with van der Waals surface area (Å²) in [5, 5.41) is 2.19. The zero-order valence-electron chi connectivity index (χ0n) is 14.6. The average Bonchev–Trinajstić information content (AvgIpc) is 2.92. The van der Waals surface area contributed by atoms with Gasteiger partial charge in [-0.05, 0) is 36.1 Å². The maximum Gasteiger partial charge on any atom is 0.00452 e. The van der Waals surface area contributed by atoms with E-state index in [1.165, 1.54) is 77.0 Å². The third-order valence-electron chi connectivity index (χ3n) is 4.18. The van der Waals surface area contributed by atoms with Crippen LogP contribution in [0.15, 0.2) is 17.5 Å². The highest BCUT2D eigenvalue weighted by Crippen LogP contribution is 2.22. The van der Waals surface area contributed by atoms with E-state index in [0.29, 0.717) is 5.41 Å². The zero-order chi connectivity index (χ0) is 15.4. The van der Waals surface area contributed by atoms with Crippen molar-refractivity contribution in [2.24, 2.45) is 5.41 Å². The van der Waals surface area contributed by atoms with Crippen molar-refractivity contribution in [3.8, 4) is 0 Å². The monoisotopic (exact) mass is 308 g/mol. The molecule has 0 radical (unpaired) electrons. The fourth-order valence-corrected chi connectivity index (χ4v) is 3.57. The fourth-order valence-electron chi connectivity index (χ4n) is 2.82. The van der Waals surface area contributed by atoms with Gasteiger partial charge in [0.25, 0.3) is 0 Å². The van der Waals surface area contributed by atoms with Gasteiger partial charge in [0.05, 0.1) is 0 Å². The van der Waals surface area contributed by atoms with Gasteiger partial charge in [-0.2, -0.15) is 0 Å². The zero-order valence-corrected chi connectivity index (χ0v) is 15.4. The van der Waals surface area contributed by atoms with Crippen LogP contribution in [0.2, 0.25) is 0 Å². The van der Waals surface area contributed by atoms with E-state index >= 15 is 0 Å². The Balaban J connectivity index is 1.75. The van der Waals surface area contributed by atoms with Crippen molar-refractivity contribution >= 4 is 11.3 Å². The second-order valence-electron chi connectivity index (χ2n) is 7.68. The number of rotatable bonds is 12. The molecule has 0 aliphatic heterocycles. The summed E-state index contributed by atoms with van der Waals surface area (Å²) in [5.74, 6) is 0. The molecule has 0 aliphatic carbocycles. The summed E-state index contributed by atoms with van der Waals surface area (Å²) in [4.78, 5) is 1.56. The Morgan fingerprint density at radius 2 is 1.29 bits per heavy atom. The topological polar surface area (TPSA) is 0 Å². The lowest BCUT2D eigenvalue weighted by Gasteiger charge is -2.17. The van der Waals surface area contributed by atoms with E-state index in [2.05, 4.69) is 38.3 Å². The molecule has 0 saturated carbocycles. The van der Waals surface area contributed by atoms with E-state index in [1.54, 1.807) is 4.88 Å². The van der Waals surface area contributed by atoms with Crippen LogP contribution in [0.3, 0.4) is 0 Å². The molecule has 1 rings (SSSR count). The van der Waals surface area contributed by atoms with E-state index in [4.69, 9.17) is 0 Å². The molecule has 0 aromatic carbocycles. The highest BCUT2D eigenvalue weighted by atomic mass is 32.1. The second kappa shape index (κ2) is 11.3. The van der Waals surface area contributed by atoms with E-state index < -0.39 is 0 Å². The first-order valence-corrected chi connectivity index (χ1v) is 9.98. The van der Waals surface area contributed by atoms with Crippen LogP contribution in [0.4, 0.5) is 0 Å². The van der Waals surface area contributed by atoms with Gasteiger partial charge in [0, 0.05) is 4.88 Å². The van der Waals surface area contributed by atoms with E-state index in [0.717, 1.165) is 0 Å². The van der Waals surface area contributed by atoms with Crippen molar-refractivity contribution in [2.45, 2.75) is 97.8 Å². The number of hydrogen-bond acceptors (Lipinski definition) is 1. The Morgan fingerprint density at radius 1 is 0.762 bits per heavy atom. The Labute approximate surface area is 137 Å². The normalized spacial score (nSPS) is 12.0. The quantitative estimate of drug-likeness (QED) is 0.348. The molecule has 0 fully saturated rings. The predicted molar refractivity (Wildman–Crippen MR) is 98.3 cm³/mol. The van der Waals surface area contributed by atoms with Crippen LogP contribution in [-0.4, -0.2) is 0 Å². The summed E-state index contributed by atoms with van der Waals surface area (Å²) >= 11 is 1.91. The minimum atomic E-state index is 0.531. The Hall–Kier alpha value is -0.300. The van der Waals surface area contributed by atoms with Crippen molar-refractivity contribution in [1.82, 2.24) is 0 Å². The Morgan fingerprint density at radius 3 is 1.76 bits per heavy atom. The van der Waals surface area contributed by atoms with Gasteiger partial charge in [-0.3, -0.25) is 0 Å². The molecule has 0 amide bonds. The van der Waals surface area contributed by atoms with Crippen LogP contribution in [0, 0.1) is 5.41 Å². The molecule has 122 valence electrons. The lowest BCUT2D eigenvalue weighted by molar-refractivity contribution is 0.356. The number of thiophene rings is 1. The smallest absolute Gasteiger partial charge is 0.00452 e. The first-order chi connectivity index (χ1) is 10.1. The maximum absolute atomic E-state index is 2.35. The van der Waals surface area contributed by atoms with Gasteiger partial charge in [0.2, 0.25) is 0 Å². The SMILES string of the molecule is CC(C)(C)CCCCCCCCCCCCc1cccs1. The van der Waals surface area contributed by atoms with Gasteiger partial charge in [-0.25, -0.2) is 0 Å². The summed E-state index contributed by atoms with van der Waals surface area (Å²) < 4.78 is 0. The lowest BCUT2D eigenvalue weighted by atomic mass is 9.89. The fraction of sp³-hybridized carbons (Fsp3) is 0.800. The molecule has 1 aromatic heterocycles. The van der Waals surface area contributed by atoms with Crippen molar-refractivity contribution < 1.29 is 0 Å². The summed E-state index contributed by atoms with van der Waals surface area (Å²) in [6.45, 7) is 7.06. The number of hydrogen-bond donors (Lipinski definition) is 0. The minimum absolute atomic E-state index is 0.531. The van der Waals surface area contributed by atoms with Gasteiger partial charge in [-0.15, -0.1) is 11.3 Å². The van der Waals surface area contributed by atoms with Crippen molar-refractivity contribution in [3.63, 3.8) is 0 Å². The van der Waals surface area contributed by atoms with Gasteiger partial charge in [-0.1, -0.05) is 84.6 Å². The molecule has 0 nitrogen and oxygen atoms in total. The number of unbranched alkanes of at least 4 members (excludes halogenated alkanes) is 9. The minimum Gasteiger partial charge on any atom is -0.149 e. The first kappa shape index (κ1) is 18.7. The number of aryl methyl sites for hydroxylation is 1. The molecule has 21 heavy (non-hydrogen) atoms. The molecule has 0 unspecified atom stereocenters. The van der Waals surface area contributed by atoms with Gasteiger partial charge in [0.1, 0.15) is 0 Å². The van der Waals surface area contributed by atoms with Crippen LogP contribution >= 0.6 is 11.3 Å². The third kappa shape index (κ3) is 12.0. The summed E-state index contributed by atoms with van der Waals surface area (Å²) in [6.07, 6.45) is 17.1. The molecular weight excluding hydrogens is 272 g/mol. The lowest BCUT2D eigenvalue weighted by Crippen LogP contribution is -2.03. The molecule has 0 spiro atoms. The largest absolute Gasteiger partial charge is 0.149 e. The molecule has 0 bridgehead atoms. The van der Waals surface area contributed by atoms with E-state index in [-0.39, 0.29) is 0 Å². The van der Waals surface area contributed by atoms with Gasteiger partial charge >= 0.3 is 0 Å². The van der Waals surface area contributed by atoms with Crippen LogP contribution in [0.25, 0.3) is 0 Å². The third-order valence-corrected chi connectivity index (χ3v) is 5.12. The average molecular weight is 309 g/mol. The Bertz CT molecular complexity index is 318. The van der Waals surface area contributed by atoms with E-state index in [9.17, 15) is 0 Å². The summed E-state index contributed by atoms with van der Waals surface area (Å²) in [5.41, 5.74) is 0.531. The van der Waals surface area contributed by atoms with Gasteiger partial charge in [0.15, 0.2) is 0 Å². The predicted octanol–water partition coefficient (Wildman–Crippen LogP) is 7.63. The molecule has 0 N–H and O–H groups in total. The van der Waals surface area contributed by atoms with Crippen LogP contribution < -0.4 is 0 Å². The van der Waals surface area contributed by atoms with Crippen molar-refractivity contribution in [2.75, 3.05) is 0 Å². The first-order valence-electron chi connectivity index (χ1n) is 9.10. The summed E-state index contributed by atoms with van der Waals surface area (Å²) in [6, 6.07) is 4.44. The van der Waals surface area contributed by atoms with Gasteiger partial charge < -0.3 is 0 Å². The van der Waals surface area contributed by atoms with Crippen molar-refractivity contribution in [1.29, 1.82) is 0 Å². The second-order valence-corrected chi connectivity index (χ2v) is 8.71. The van der Waals surface area contributed by atoms with Crippen molar-refractivity contribution in [3.05, 3.63) is 22.4 Å². The molecule has 0 atom stereocenters. The molecule has 0 aliphatic rings. The highest BCUT2D eigenvalue weighted by molar-refractivity contribution is 7.09. The van der Waals surface area contributed by atoms with Crippen LogP contribution in [-0.2, 0) is 6.42 Å². The molecule has 0 saturated heterocycles. The van der Waals surface area contributed by atoms with E-state index in [1.807, 2.05) is 11.3 Å². The highest BCUT2D eigenvalue weighted by Gasteiger charge is 2.08.